The number of hydrogen-bond acceptors (Lipinski definition) is 4. The average molecular weight is 387 g/mol. The molecule has 2 aliphatic rings. The molecular weight excluding hydrogens is 372 g/mol. The van der Waals surface area contributed by atoms with Gasteiger partial charge in [-0.15, -0.1) is 0 Å². The van der Waals surface area contributed by atoms with Crippen LogP contribution in [0.4, 0.5) is 0 Å². The number of thiocarbonyl (C=S) groups is 1. The van der Waals surface area contributed by atoms with Crippen LogP contribution in [-0.2, 0) is 11.3 Å². The molecule has 2 aromatic carbocycles. The van der Waals surface area contributed by atoms with Crippen molar-refractivity contribution in [2.45, 2.75) is 6.54 Å². The third kappa shape index (κ3) is 3.13. The second kappa shape index (κ2) is 6.97. The van der Waals surface area contributed by atoms with Crippen molar-refractivity contribution in [2.75, 3.05) is 13.2 Å². The standard InChI is InChI=1S/C19H15ClN2O3S/c20-14-6-2-1-4-13(14)11-22-18(23)15(21-19(22)26)10-12-5-3-7-16-17(12)25-9-8-24-16/h1-7,10H,8-9,11H2,(H,21,26). The predicted octanol–water partition coefficient (Wildman–Crippen LogP) is 3.37. The monoisotopic (exact) mass is 386 g/mol. The minimum absolute atomic E-state index is 0.204. The molecule has 0 bridgehead atoms. The first-order valence-corrected chi connectivity index (χ1v) is 8.88. The van der Waals surface area contributed by atoms with Gasteiger partial charge in [0.15, 0.2) is 16.6 Å². The Morgan fingerprint density at radius 2 is 1.96 bits per heavy atom. The number of benzene rings is 2. The molecule has 4 rings (SSSR count). The second-order valence-electron chi connectivity index (χ2n) is 5.84. The maximum atomic E-state index is 12.8. The zero-order valence-corrected chi connectivity index (χ0v) is 15.3. The summed E-state index contributed by atoms with van der Waals surface area (Å²) in [7, 11) is 0. The number of para-hydroxylation sites is 1. The maximum absolute atomic E-state index is 12.8. The lowest BCUT2D eigenvalue weighted by Gasteiger charge is -2.19. The van der Waals surface area contributed by atoms with E-state index >= 15 is 0 Å². The Morgan fingerprint density at radius 3 is 2.81 bits per heavy atom. The van der Waals surface area contributed by atoms with E-state index in [1.165, 1.54) is 4.90 Å². The average Bonchev–Trinajstić information content (AvgIpc) is 2.91. The van der Waals surface area contributed by atoms with E-state index < -0.39 is 0 Å². The van der Waals surface area contributed by atoms with Crippen molar-refractivity contribution < 1.29 is 14.3 Å². The SMILES string of the molecule is O=C1C(=Cc2cccc3c2OCCO3)NC(=S)N1Cc1ccccc1Cl. The van der Waals surface area contributed by atoms with Crippen LogP contribution in [0.25, 0.3) is 6.08 Å². The summed E-state index contributed by atoms with van der Waals surface area (Å²) < 4.78 is 11.3. The lowest BCUT2D eigenvalue weighted by molar-refractivity contribution is -0.122. The van der Waals surface area contributed by atoms with Gasteiger partial charge in [0, 0.05) is 10.6 Å². The summed E-state index contributed by atoms with van der Waals surface area (Å²) in [6.07, 6.45) is 1.73. The Morgan fingerprint density at radius 1 is 1.15 bits per heavy atom. The summed E-state index contributed by atoms with van der Waals surface area (Å²) in [4.78, 5) is 14.3. The molecule has 2 aromatic rings. The Hall–Kier alpha value is -2.57. The quantitative estimate of drug-likeness (QED) is 0.647. The molecular formula is C19H15ClN2O3S. The lowest BCUT2D eigenvalue weighted by atomic mass is 10.1. The third-order valence-electron chi connectivity index (χ3n) is 4.15. The van der Waals surface area contributed by atoms with Crippen LogP contribution in [0.2, 0.25) is 5.02 Å². The number of nitrogens with zero attached hydrogens (tertiary/aromatic N) is 1. The number of fused-ring (bicyclic) bond motifs is 1. The van der Waals surface area contributed by atoms with Crippen molar-refractivity contribution in [2.24, 2.45) is 0 Å². The van der Waals surface area contributed by atoms with Crippen LogP contribution in [0.15, 0.2) is 48.2 Å². The number of hydrogen-bond donors (Lipinski definition) is 1. The topological polar surface area (TPSA) is 50.8 Å². The Bertz CT molecular complexity index is 929. The summed E-state index contributed by atoms with van der Waals surface area (Å²) in [5.41, 5.74) is 1.99. The van der Waals surface area contributed by atoms with Crippen LogP contribution in [0.5, 0.6) is 11.5 Å². The number of nitrogens with one attached hydrogen (secondary N) is 1. The van der Waals surface area contributed by atoms with Crippen LogP contribution >= 0.6 is 23.8 Å². The van der Waals surface area contributed by atoms with Gasteiger partial charge in [-0.05, 0) is 36.0 Å². The molecule has 0 saturated carbocycles. The van der Waals surface area contributed by atoms with Gasteiger partial charge in [-0.2, -0.15) is 0 Å². The van der Waals surface area contributed by atoms with Gasteiger partial charge >= 0.3 is 0 Å². The highest BCUT2D eigenvalue weighted by Crippen LogP contribution is 2.35. The minimum atomic E-state index is -0.204. The first-order chi connectivity index (χ1) is 12.6. The van der Waals surface area contributed by atoms with Crippen molar-refractivity contribution in [3.8, 4) is 11.5 Å². The van der Waals surface area contributed by atoms with E-state index in [4.69, 9.17) is 33.3 Å². The van der Waals surface area contributed by atoms with E-state index in [9.17, 15) is 4.79 Å². The fraction of sp³-hybridized carbons (Fsp3) is 0.158. The largest absolute Gasteiger partial charge is 0.486 e. The van der Waals surface area contributed by atoms with E-state index in [2.05, 4.69) is 5.32 Å². The zero-order valence-electron chi connectivity index (χ0n) is 13.7. The van der Waals surface area contributed by atoms with Gasteiger partial charge in [-0.1, -0.05) is 41.9 Å². The molecule has 132 valence electrons. The summed E-state index contributed by atoms with van der Waals surface area (Å²) in [5, 5.41) is 3.93. The van der Waals surface area contributed by atoms with E-state index in [-0.39, 0.29) is 5.91 Å². The van der Waals surface area contributed by atoms with Crippen molar-refractivity contribution in [3.63, 3.8) is 0 Å². The highest BCUT2D eigenvalue weighted by atomic mass is 35.5. The first kappa shape index (κ1) is 16.9. The van der Waals surface area contributed by atoms with E-state index in [0.717, 1.165) is 11.1 Å². The molecule has 0 aliphatic carbocycles. The fourth-order valence-electron chi connectivity index (χ4n) is 2.88. The smallest absolute Gasteiger partial charge is 0.276 e. The van der Waals surface area contributed by atoms with Gasteiger partial charge in [0.2, 0.25) is 0 Å². The number of carbonyl (C=O) groups excluding carboxylic acids is 1. The van der Waals surface area contributed by atoms with E-state index in [1.54, 1.807) is 12.1 Å². The van der Waals surface area contributed by atoms with Gasteiger partial charge in [-0.25, -0.2) is 0 Å². The van der Waals surface area contributed by atoms with Gasteiger partial charge in [0.05, 0.1) is 6.54 Å². The number of halogens is 1. The van der Waals surface area contributed by atoms with Gasteiger partial charge in [-0.3, -0.25) is 9.69 Å². The van der Waals surface area contributed by atoms with Crippen molar-refractivity contribution >= 4 is 40.9 Å². The highest BCUT2D eigenvalue weighted by Gasteiger charge is 2.31. The number of ether oxygens (including phenoxy) is 2. The molecule has 0 radical (unpaired) electrons. The molecule has 1 fully saturated rings. The molecule has 1 N–H and O–H groups in total. The lowest BCUT2D eigenvalue weighted by Crippen LogP contribution is -2.30. The summed E-state index contributed by atoms with van der Waals surface area (Å²) in [6.45, 7) is 1.31. The molecule has 0 aromatic heterocycles. The predicted molar refractivity (Wildman–Crippen MR) is 103 cm³/mol. The molecule has 2 aliphatic heterocycles. The molecule has 1 amide bonds. The molecule has 7 heteroatoms. The molecule has 0 spiro atoms. The highest BCUT2D eigenvalue weighted by molar-refractivity contribution is 7.80. The Balaban J connectivity index is 1.62. The number of rotatable bonds is 3. The van der Waals surface area contributed by atoms with Gasteiger partial charge in [0.25, 0.3) is 5.91 Å². The maximum Gasteiger partial charge on any atom is 0.276 e. The number of amides is 1. The molecule has 0 atom stereocenters. The van der Waals surface area contributed by atoms with Crippen molar-refractivity contribution in [3.05, 3.63) is 64.3 Å². The Kier molecular flexibility index (Phi) is 4.53. The normalized spacial score (nSPS) is 17.6. The molecule has 2 heterocycles. The summed E-state index contributed by atoms with van der Waals surface area (Å²) in [5.74, 6) is 1.10. The van der Waals surface area contributed by atoms with Crippen molar-refractivity contribution in [1.82, 2.24) is 10.2 Å². The van der Waals surface area contributed by atoms with Crippen molar-refractivity contribution in [1.29, 1.82) is 0 Å². The van der Waals surface area contributed by atoms with Crippen LogP contribution in [0.1, 0.15) is 11.1 Å². The molecule has 26 heavy (non-hydrogen) atoms. The first-order valence-electron chi connectivity index (χ1n) is 8.10. The minimum Gasteiger partial charge on any atom is -0.486 e. The summed E-state index contributed by atoms with van der Waals surface area (Å²) >= 11 is 11.5. The second-order valence-corrected chi connectivity index (χ2v) is 6.64. The van der Waals surface area contributed by atoms with Crippen LogP contribution in [0, 0.1) is 0 Å². The van der Waals surface area contributed by atoms with Crippen LogP contribution in [-0.4, -0.2) is 29.1 Å². The molecule has 0 unspecified atom stereocenters. The van der Waals surface area contributed by atoms with Crippen LogP contribution in [0.3, 0.4) is 0 Å². The van der Waals surface area contributed by atoms with Gasteiger partial charge in [0.1, 0.15) is 18.9 Å². The number of carbonyl (C=O) groups is 1. The molecule has 1 saturated heterocycles. The summed E-state index contributed by atoms with van der Waals surface area (Å²) in [6, 6.07) is 13.0. The zero-order chi connectivity index (χ0) is 18.1. The van der Waals surface area contributed by atoms with E-state index in [0.29, 0.717) is 47.1 Å². The fourth-order valence-corrected chi connectivity index (χ4v) is 3.33. The third-order valence-corrected chi connectivity index (χ3v) is 4.84. The van der Waals surface area contributed by atoms with E-state index in [1.807, 2.05) is 36.4 Å². The van der Waals surface area contributed by atoms with Crippen LogP contribution < -0.4 is 14.8 Å². The van der Waals surface area contributed by atoms with Gasteiger partial charge < -0.3 is 14.8 Å². The molecule has 5 nitrogen and oxygen atoms in total. The Labute approximate surface area is 161 Å².